The van der Waals surface area contributed by atoms with Gasteiger partial charge in [-0.25, -0.2) is 4.98 Å². The number of hydrogen-bond donors (Lipinski definition) is 1. The number of benzene rings is 1. The molecule has 0 amide bonds. The molecule has 1 aromatic heterocycles. The second-order valence-electron chi connectivity index (χ2n) is 4.34. The fourth-order valence-corrected chi connectivity index (χ4v) is 2.24. The van der Waals surface area contributed by atoms with Crippen molar-refractivity contribution in [1.82, 2.24) is 14.8 Å². The molecule has 2 rings (SSSR count). The summed E-state index contributed by atoms with van der Waals surface area (Å²) in [7, 11) is 0. The van der Waals surface area contributed by atoms with Gasteiger partial charge in [0.2, 0.25) is 0 Å². The van der Waals surface area contributed by atoms with E-state index in [0.717, 1.165) is 0 Å². The Hall–Kier alpha value is -1.88. The van der Waals surface area contributed by atoms with Crippen molar-refractivity contribution in [2.24, 2.45) is 0 Å². The Morgan fingerprint density at radius 2 is 2.11 bits per heavy atom. The number of rotatable bonds is 5. The molecule has 0 saturated heterocycles. The zero-order valence-corrected chi connectivity index (χ0v) is 11.2. The minimum atomic E-state index is -1.03. The number of aliphatic carboxylic acids is 1. The zero-order chi connectivity index (χ0) is 13.9. The Labute approximate surface area is 115 Å². The fraction of sp³-hybridized carbons (Fsp3) is 0.308. The molecular weight excluding hydrogens is 266 g/mol. The van der Waals surface area contributed by atoms with Gasteiger partial charge in [0.15, 0.2) is 0 Å². The van der Waals surface area contributed by atoms with E-state index in [9.17, 15) is 9.90 Å². The normalized spacial score (nSPS) is 14.0. The summed E-state index contributed by atoms with van der Waals surface area (Å²) < 4.78 is 1.53. The molecule has 0 aliphatic rings. The number of carboxylic acids is 1. The maximum absolute atomic E-state index is 11.8. The molecule has 5 nitrogen and oxygen atoms in total. The van der Waals surface area contributed by atoms with Crippen molar-refractivity contribution in [1.29, 1.82) is 0 Å². The van der Waals surface area contributed by atoms with Gasteiger partial charge >= 0.3 is 5.97 Å². The Balaban J connectivity index is 2.44. The lowest BCUT2D eigenvalue weighted by Crippen LogP contribution is -2.39. The summed E-state index contributed by atoms with van der Waals surface area (Å²) in [5.74, 6) is -0.882. The average Bonchev–Trinajstić information content (AvgIpc) is 2.89. The average molecular weight is 280 g/mol. The third kappa shape index (κ3) is 2.61. The lowest BCUT2D eigenvalue weighted by atomic mass is 9.78. The van der Waals surface area contributed by atoms with Gasteiger partial charge in [-0.3, -0.25) is 9.48 Å². The van der Waals surface area contributed by atoms with E-state index < -0.39 is 11.4 Å². The Kier molecular flexibility index (Phi) is 3.85. The van der Waals surface area contributed by atoms with Crippen LogP contribution in [0, 0.1) is 0 Å². The first kappa shape index (κ1) is 13.5. The molecule has 1 aromatic carbocycles. The van der Waals surface area contributed by atoms with Crippen LogP contribution in [0.4, 0.5) is 0 Å². The van der Waals surface area contributed by atoms with Crippen molar-refractivity contribution < 1.29 is 9.90 Å². The van der Waals surface area contributed by atoms with Gasteiger partial charge in [0, 0.05) is 5.02 Å². The number of aromatic nitrogens is 3. The topological polar surface area (TPSA) is 68.0 Å². The predicted molar refractivity (Wildman–Crippen MR) is 71.1 cm³/mol. The largest absolute Gasteiger partial charge is 0.481 e. The van der Waals surface area contributed by atoms with Crippen LogP contribution in [0.25, 0.3) is 0 Å². The molecule has 1 N–H and O–H groups in total. The van der Waals surface area contributed by atoms with Crippen molar-refractivity contribution >= 4 is 17.6 Å². The first-order valence-corrected chi connectivity index (χ1v) is 6.28. The highest BCUT2D eigenvalue weighted by Crippen LogP contribution is 2.31. The Morgan fingerprint density at radius 3 is 2.58 bits per heavy atom. The second-order valence-corrected chi connectivity index (χ2v) is 4.78. The van der Waals surface area contributed by atoms with Gasteiger partial charge < -0.3 is 5.11 Å². The van der Waals surface area contributed by atoms with E-state index in [1.807, 2.05) is 6.92 Å². The van der Waals surface area contributed by atoms with E-state index in [4.69, 9.17) is 11.6 Å². The van der Waals surface area contributed by atoms with Crippen LogP contribution >= 0.6 is 11.6 Å². The standard InChI is InChI=1S/C13H14ClN3O2/c1-2-13(12(18)19,7-17-9-15-8-16-17)10-3-5-11(14)6-4-10/h3-6,8-9H,2,7H2,1H3,(H,18,19). The summed E-state index contributed by atoms with van der Waals surface area (Å²) in [6.07, 6.45) is 3.36. The lowest BCUT2D eigenvalue weighted by molar-refractivity contribution is -0.144. The smallest absolute Gasteiger partial charge is 0.316 e. The van der Waals surface area contributed by atoms with Gasteiger partial charge in [-0.05, 0) is 24.1 Å². The van der Waals surface area contributed by atoms with E-state index >= 15 is 0 Å². The summed E-state index contributed by atoms with van der Waals surface area (Å²) in [4.78, 5) is 15.6. The Bertz CT molecular complexity index is 554. The van der Waals surface area contributed by atoms with Crippen LogP contribution in [-0.2, 0) is 16.8 Å². The maximum atomic E-state index is 11.8. The molecule has 0 bridgehead atoms. The van der Waals surface area contributed by atoms with Crippen LogP contribution in [-0.4, -0.2) is 25.8 Å². The van der Waals surface area contributed by atoms with Crippen molar-refractivity contribution in [3.05, 3.63) is 47.5 Å². The molecule has 1 unspecified atom stereocenters. The van der Waals surface area contributed by atoms with Crippen molar-refractivity contribution in [3.63, 3.8) is 0 Å². The van der Waals surface area contributed by atoms with E-state index in [1.54, 1.807) is 24.3 Å². The lowest BCUT2D eigenvalue weighted by Gasteiger charge is -2.28. The van der Waals surface area contributed by atoms with Crippen LogP contribution in [0.15, 0.2) is 36.9 Å². The number of halogens is 1. The van der Waals surface area contributed by atoms with Crippen LogP contribution in [0.1, 0.15) is 18.9 Å². The van der Waals surface area contributed by atoms with Gasteiger partial charge in [-0.1, -0.05) is 30.7 Å². The van der Waals surface area contributed by atoms with E-state index in [2.05, 4.69) is 10.1 Å². The van der Waals surface area contributed by atoms with Crippen LogP contribution < -0.4 is 0 Å². The molecule has 0 saturated carbocycles. The molecule has 2 aromatic rings. The second kappa shape index (κ2) is 5.40. The third-order valence-electron chi connectivity index (χ3n) is 3.31. The Morgan fingerprint density at radius 1 is 1.42 bits per heavy atom. The SMILES string of the molecule is CCC(Cn1cncn1)(C(=O)O)c1ccc(Cl)cc1. The molecule has 19 heavy (non-hydrogen) atoms. The predicted octanol–water partition coefficient (Wildman–Crippen LogP) is 2.36. The first-order chi connectivity index (χ1) is 9.08. The zero-order valence-electron chi connectivity index (χ0n) is 10.5. The van der Waals surface area contributed by atoms with Crippen molar-refractivity contribution in [2.45, 2.75) is 25.3 Å². The highest BCUT2D eigenvalue weighted by molar-refractivity contribution is 6.30. The number of carbonyl (C=O) groups is 1. The number of carboxylic acid groups (broad SMARTS) is 1. The third-order valence-corrected chi connectivity index (χ3v) is 3.56. The minimum Gasteiger partial charge on any atom is -0.481 e. The molecule has 0 aliphatic carbocycles. The molecule has 0 radical (unpaired) electrons. The molecule has 6 heteroatoms. The molecular formula is C13H14ClN3O2. The van der Waals surface area contributed by atoms with Gasteiger partial charge in [0.1, 0.15) is 18.1 Å². The first-order valence-electron chi connectivity index (χ1n) is 5.90. The minimum absolute atomic E-state index is 0.237. The summed E-state index contributed by atoms with van der Waals surface area (Å²) >= 11 is 5.85. The van der Waals surface area contributed by atoms with Crippen molar-refractivity contribution in [3.8, 4) is 0 Å². The number of nitrogens with zero attached hydrogens (tertiary/aromatic N) is 3. The molecule has 1 atom stereocenters. The molecule has 0 aliphatic heterocycles. The van der Waals surface area contributed by atoms with E-state index in [-0.39, 0.29) is 6.54 Å². The monoisotopic (exact) mass is 279 g/mol. The van der Waals surface area contributed by atoms with Gasteiger partial charge in [0.05, 0.1) is 6.54 Å². The van der Waals surface area contributed by atoms with E-state index in [0.29, 0.717) is 17.0 Å². The van der Waals surface area contributed by atoms with Crippen LogP contribution in [0.2, 0.25) is 5.02 Å². The summed E-state index contributed by atoms with van der Waals surface area (Å²) in [6.45, 7) is 2.08. The summed E-state index contributed by atoms with van der Waals surface area (Å²) in [6, 6.07) is 6.89. The van der Waals surface area contributed by atoms with Gasteiger partial charge in [-0.15, -0.1) is 0 Å². The van der Waals surface area contributed by atoms with Crippen LogP contribution in [0.3, 0.4) is 0 Å². The molecule has 0 fully saturated rings. The number of hydrogen-bond acceptors (Lipinski definition) is 3. The summed E-state index contributed by atoms with van der Waals surface area (Å²) in [5, 5.41) is 14.2. The fourth-order valence-electron chi connectivity index (χ4n) is 2.11. The quantitative estimate of drug-likeness (QED) is 0.912. The van der Waals surface area contributed by atoms with Crippen LogP contribution in [0.5, 0.6) is 0 Å². The highest BCUT2D eigenvalue weighted by atomic mass is 35.5. The highest BCUT2D eigenvalue weighted by Gasteiger charge is 2.39. The summed E-state index contributed by atoms with van der Waals surface area (Å²) in [5.41, 5.74) is -0.319. The van der Waals surface area contributed by atoms with E-state index in [1.165, 1.54) is 17.3 Å². The van der Waals surface area contributed by atoms with Gasteiger partial charge in [-0.2, -0.15) is 5.10 Å². The molecule has 0 spiro atoms. The van der Waals surface area contributed by atoms with Gasteiger partial charge in [0.25, 0.3) is 0 Å². The molecule has 1 heterocycles. The maximum Gasteiger partial charge on any atom is 0.316 e. The molecule has 100 valence electrons. The van der Waals surface area contributed by atoms with Crippen molar-refractivity contribution in [2.75, 3.05) is 0 Å².